The van der Waals surface area contributed by atoms with Gasteiger partial charge in [-0.3, -0.25) is 0 Å². The number of anilines is 1. The van der Waals surface area contributed by atoms with E-state index in [-0.39, 0.29) is 23.0 Å². The number of hydrogen-bond acceptors (Lipinski definition) is 6. The molecule has 1 aliphatic heterocycles. The second-order valence-electron chi connectivity index (χ2n) is 8.42. The van der Waals surface area contributed by atoms with Crippen LogP contribution < -0.4 is 20.1 Å². The topological polar surface area (TPSA) is 97.2 Å². The van der Waals surface area contributed by atoms with Gasteiger partial charge in [0, 0.05) is 17.9 Å². The molecule has 0 spiro atoms. The van der Waals surface area contributed by atoms with Crippen molar-refractivity contribution in [3.63, 3.8) is 0 Å². The van der Waals surface area contributed by atoms with Crippen molar-refractivity contribution >= 4 is 46.7 Å². The van der Waals surface area contributed by atoms with Crippen LogP contribution in [0.25, 0.3) is 0 Å². The largest absolute Gasteiger partial charge is 0.573 e. The third-order valence-corrected chi connectivity index (χ3v) is 6.45. The maximum Gasteiger partial charge on any atom is 0.573 e. The van der Waals surface area contributed by atoms with Crippen LogP contribution in [0.3, 0.4) is 0 Å². The van der Waals surface area contributed by atoms with Gasteiger partial charge in [0.05, 0.1) is 17.6 Å². The molecule has 2 N–H and O–H groups in total. The van der Waals surface area contributed by atoms with Crippen LogP contribution in [0.5, 0.6) is 11.5 Å². The number of thioether (sulfide) groups is 1. The fourth-order valence-electron chi connectivity index (χ4n) is 3.61. The molecule has 1 fully saturated rings. The summed E-state index contributed by atoms with van der Waals surface area (Å²) in [6.07, 6.45) is -6.20. The molecule has 42 heavy (non-hydrogen) atoms. The normalized spacial score (nSPS) is 16.0. The van der Waals surface area contributed by atoms with Crippen molar-refractivity contribution < 1.29 is 35.8 Å². The van der Waals surface area contributed by atoms with Crippen LogP contribution in [0.1, 0.15) is 17.5 Å². The number of para-hydroxylation sites is 2. The van der Waals surface area contributed by atoms with Crippen LogP contribution in [0, 0.1) is 0 Å². The molecule has 8 nitrogen and oxygen atoms in total. The molecule has 1 saturated heterocycles. The Morgan fingerprint density at radius 2 is 1.57 bits per heavy atom. The summed E-state index contributed by atoms with van der Waals surface area (Å²) < 4.78 is 83.4. The van der Waals surface area contributed by atoms with Gasteiger partial charge in [0.15, 0.2) is 10.9 Å². The Hall–Kier alpha value is -4.53. The standard InChI is InChI=1S/C27H22F6N6O2S/c28-26(29,30)40-21-12-10-20(11-13-21)35-17-36-24(34)19-8-6-18(7-9-19)16-37-38-25-39(14-3-15-42-25)22-4-1-2-5-23(22)41-27(31,32)33/h1-2,4-13,16-17H,3,14-15H2,(H2,34,35,36)/b37-16+,38-25-. The molecular formula is C27H22F6N6O2S. The summed E-state index contributed by atoms with van der Waals surface area (Å²) in [5, 5.41) is 8.78. The highest BCUT2D eigenvalue weighted by Crippen LogP contribution is 2.36. The van der Waals surface area contributed by atoms with Crippen LogP contribution in [0.4, 0.5) is 37.7 Å². The van der Waals surface area contributed by atoms with Crippen molar-refractivity contribution in [3.05, 3.63) is 83.9 Å². The third-order valence-electron chi connectivity index (χ3n) is 5.40. The minimum atomic E-state index is -4.83. The van der Waals surface area contributed by atoms with E-state index in [9.17, 15) is 26.3 Å². The van der Waals surface area contributed by atoms with Crippen molar-refractivity contribution in [3.8, 4) is 11.5 Å². The maximum atomic E-state index is 12.9. The van der Waals surface area contributed by atoms with E-state index in [4.69, 9.17) is 5.73 Å². The number of aliphatic imine (C=N–C) groups is 2. The smallest absolute Gasteiger partial charge is 0.406 e. The number of benzene rings is 3. The molecule has 0 aromatic heterocycles. The number of ether oxygens (including phenoxy) is 2. The molecule has 0 bridgehead atoms. The zero-order valence-corrected chi connectivity index (χ0v) is 22.3. The lowest BCUT2D eigenvalue weighted by atomic mass is 10.1. The number of hydrogen-bond donors (Lipinski definition) is 1. The first-order valence-electron chi connectivity index (χ1n) is 12.1. The molecule has 1 aliphatic rings. The number of nitrogens with two attached hydrogens (primary N) is 1. The van der Waals surface area contributed by atoms with Gasteiger partial charge in [-0.1, -0.05) is 48.2 Å². The lowest BCUT2D eigenvalue weighted by Gasteiger charge is -2.30. The van der Waals surface area contributed by atoms with Gasteiger partial charge in [0.2, 0.25) is 0 Å². The molecule has 15 heteroatoms. The summed E-state index contributed by atoms with van der Waals surface area (Å²) in [4.78, 5) is 9.70. The van der Waals surface area contributed by atoms with E-state index in [0.29, 0.717) is 28.5 Å². The van der Waals surface area contributed by atoms with E-state index in [2.05, 4.69) is 29.7 Å². The van der Waals surface area contributed by atoms with E-state index < -0.39 is 12.7 Å². The Kier molecular flexibility index (Phi) is 9.72. The second-order valence-corrected chi connectivity index (χ2v) is 9.48. The second kappa shape index (κ2) is 13.4. The van der Waals surface area contributed by atoms with Gasteiger partial charge >= 0.3 is 12.7 Å². The molecule has 4 rings (SSSR count). The molecule has 0 aliphatic carbocycles. The van der Waals surface area contributed by atoms with Crippen molar-refractivity contribution in [2.24, 2.45) is 25.9 Å². The minimum absolute atomic E-state index is 0.147. The first-order valence-corrected chi connectivity index (χ1v) is 13.1. The van der Waals surface area contributed by atoms with Crippen molar-refractivity contribution in [2.75, 3.05) is 17.2 Å². The summed E-state index contributed by atoms with van der Waals surface area (Å²) in [6, 6.07) is 17.6. The number of nitrogens with zero attached hydrogens (tertiary/aromatic N) is 5. The van der Waals surface area contributed by atoms with Gasteiger partial charge in [-0.25, -0.2) is 9.98 Å². The van der Waals surface area contributed by atoms with Gasteiger partial charge < -0.3 is 20.1 Å². The van der Waals surface area contributed by atoms with E-state index in [1.54, 1.807) is 35.2 Å². The Balaban J connectivity index is 1.40. The summed E-state index contributed by atoms with van der Waals surface area (Å²) in [6.45, 7) is 0.452. The quantitative estimate of drug-likeness (QED) is 0.130. The molecule has 1 heterocycles. The van der Waals surface area contributed by atoms with Gasteiger partial charge in [-0.15, -0.1) is 31.4 Å². The lowest BCUT2D eigenvalue weighted by Crippen LogP contribution is -2.34. The first-order chi connectivity index (χ1) is 20.0. The molecule has 3 aromatic rings. The molecule has 220 valence electrons. The van der Waals surface area contributed by atoms with Crippen molar-refractivity contribution in [2.45, 2.75) is 19.1 Å². The summed E-state index contributed by atoms with van der Waals surface area (Å²) in [5.41, 5.74) is 7.84. The number of halogens is 6. The Morgan fingerprint density at radius 1 is 0.881 bits per heavy atom. The van der Waals surface area contributed by atoms with Crippen LogP contribution in [-0.2, 0) is 0 Å². The summed E-state index contributed by atoms with van der Waals surface area (Å²) in [7, 11) is 0. The molecule has 0 amide bonds. The van der Waals surface area contributed by atoms with Gasteiger partial charge in [0.1, 0.15) is 17.9 Å². The van der Waals surface area contributed by atoms with E-state index in [1.807, 2.05) is 0 Å². The SMILES string of the molecule is NC(=NC=Nc1ccc(OC(F)(F)F)cc1)c1ccc(/C=N/N=C2\SCCCN2c2ccccc2OC(F)(F)F)cc1. The third kappa shape index (κ3) is 9.26. The average molecular weight is 609 g/mol. The highest BCUT2D eigenvalue weighted by molar-refractivity contribution is 8.14. The number of amidine groups is 2. The Labute approximate surface area is 240 Å². The monoisotopic (exact) mass is 608 g/mol. The summed E-state index contributed by atoms with van der Waals surface area (Å²) >= 11 is 1.37. The van der Waals surface area contributed by atoms with Crippen LogP contribution >= 0.6 is 11.8 Å². The van der Waals surface area contributed by atoms with Crippen molar-refractivity contribution in [1.29, 1.82) is 0 Å². The van der Waals surface area contributed by atoms with Crippen LogP contribution in [0.2, 0.25) is 0 Å². The fraction of sp³-hybridized carbons (Fsp3) is 0.185. The first kappa shape index (κ1) is 30.4. The molecule has 0 atom stereocenters. The molecule has 0 radical (unpaired) electrons. The summed E-state index contributed by atoms with van der Waals surface area (Å²) in [5.74, 6) is 0.197. The molecule has 0 unspecified atom stereocenters. The maximum absolute atomic E-state index is 12.9. The van der Waals surface area contributed by atoms with E-state index >= 15 is 0 Å². The highest BCUT2D eigenvalue weighted by atomic mass is 32.2. The fourth-order valence-corrected chi connectivity index (χ4v) is 4.51. The van der Waals surface area contributed by atoms with E-state index in [1.165, 1.54) is 54.6 Å². The highest BCUT2D eigenvalue weighted by Gasteiger charge is 2.33. The van der Waals surface area contributed by atoms with Crippen LogP contribution in [0.15, 0.2) is 93.0 Å². The number of rotatable bonds is 8. The van der Waals surface area contributed by atoms with Gasteiger partial charge in [-0.2, -0.15) is 5.10 Å². The Morgan fingerprint density at radius 3 is 2.26 bits per heavy atom. The molecular weight excluding hydrogens is 586 g/mol. The van der Waals surface area contributed by atoms with Crippen molar-refractivity contribution in [1.82, 2.24) is 0 Å². The Bertz CT molecular complexity index is 1470. The molecule has 0 saturated carbocycles. The lowest BCUT2D eigenvalue weighted by molar-refractivity contribution is -0.275. The number of alkyl halides is 6. The predicted molar refractivity (Wildman–Crippen MR) is 151 cm³/mol. The average Bonchev–Trinajstić information content (AvgIpc) is 2.93. The predicted octanol–water partition coefficient (Wildman–Crippen LogP) is 6.88. The van der Waals surface area contributed by atoms with E-state index in [0.717, 1.165) is 24.3 Å². The minimum Gasteiger partial charge on any atom is -0.406 e. The van der Waals surface area contributed by atoms with Crippen LogP contribution in [-0.4, -0.2) is 48.6 Å². The molecule has 3 aromatic carbocycles. The van der Waals surface area contributed by atoms with Gasteiger partial charge in [0.25, 0.3) is 0 Å². The van der Waals surface area contributed by atoms with Gasteiger partial charge in [-0.05, 0) is 48.4 Å². The zero-order chi connectivity index (χ0) is 30.2. The zero-order valence-electron chi connectivity index (χ0n) is 21.5.